The third-order valence-corrected chi connectivity index (χ3v) is 1.33. The van der Waals surface area contributed by atoms with E-state index in [4.69, 9.17) is 4.84 Å². The lowest BCUT2D eigenvalue weighted by molar-refractivity contribution is 0.0599. The Morgan fingerprint density at radius 1 is 1.55 bits per heavy atom. The van der Waals surface area contributed by atoms with E-state index in [1.165, 1.54) is 0 Å². The van der Waals surface area contributed by atoms with Crippen molar-refractivity contribution in [3.8, 4) is 0 Å². The number of nitrogens with one attached hydrogen (secondary N) is 1. The van der Waals surface area contributed by atoms with Crippen LogP contribution >= 0.6 is 0 Å². The van der Waals surface area contributed by atoms with E-state index in [2.05, 4.69) is 10.5 Å². The second kappa shape index (κ2) is 4.82. The van der Waals surface area contributed by atoms with Crippen LogP contribution in [0.5, 0.6) is 0 Å². The molecule has 0 amide bonds. The topological polar surface area (TPSA) is 34.1 Å². The van der Waals surface area contributed by atoms with Gasteiger partial charge < -0.3 is 4.84 Å². The van der Waals surface area contributed by atoms with Crippen molar-refractivity contribution in [3.05, 3.63) is 30.1 Å². The lowest BCUT2D eigenvalue weighted by atomic mass is 10.3. The molecular weight excluding hydrogens is 140 g/mol. The molecule has 0 aromatic carbocycles. The highest BCUT2D eigenvalue weighted by atomic mass is 16.6. The third kappa shape index (κ3) is 3.11. The largest absolute Gasteiger partial charge is 0.302 e. The fraction of sp³-hybridized carbons (Fsp3) is 0.375. The van der Waals surface area contributed by atoms with Crippen molar-refractivity contribution in [3.63, 3.8) is 0 Å². The zero-order valence-corrected chi connectivity index (χ0v) is 6.58. The van der Waals surface area contributed by atoms with Gasteiger partial charge in [-0.25, -0.2) is 5.48 Å². The second-order valence-electron chi connectivity index (χ2n) is 2.12. The molecule has 1 rings (SSSR count). The van der Waals surface area contributed by atoms with Crippen molar-refractivity contribution in [1.29, 1.82) is 0 Å². The number of hydroxylamine groups is 1. The molecule has 1 aromatic rings. The summed E-state index contributed by atoms with van der Waals surface area (Å²) in [4.78, 5) is 9.09. The zero-order chi connectivity index (χ0) is 7.94. The van der Waals surface area contributed by atoms with Crippen LogP contribution in [0.1, 0.15) is 5.69 Å². The van der Waals surface area contributed by atoms with E-state index >= 15 is 0 Å². The zero-order valence-electron chi connectivity index (χ0n) is 6.58. The molecule has 3 nitrogen and oxygen atoms in total. The van der Waals surface area contributed by atoms with E-state index in [1.54, 1.807) is 13.2 Å². The Hall–Kier alpha value is -0.930. The number of rotatable bonds is 4. The van der Waals surface area contributed by atoms with Gasteiger partial charge in [-0.1, -0.05) is 6.07 Å². The minimum atomic E-state index is 0.660. The number of nitrogens with zero attached hydrogens (tertiary/aromatic N) is 1. The van der Waals surface area contributed by atoms with Gasteiger partial charge in [-0.3, -0.25) is 4.98 Å². The van der Waals surface area contributed by atoms with Gasteiger partial charge in [0.05, 0.1) is 6.61 Å². The predicted molar refractivity (Wildman–Crippen MR) is 43.0 cm³/mol. The lowest BCUT2D eigenvalue weighted by Crippen LogP contribution is -2.10. The number of pyridine rings is 1. The molecule has 1 heterocycles. The molecule has 1 aromatic heterocycles. The number of hydrogen-bond donors (Lipinski definition) is 1. The molecule has 0 aliphatic heterocycles. The molecule has 0 saturated carbocycles. The maximum Gasteiger partial charge on any atom is 0.0737 e. The highest BCUT2D eigenvalue weighted by molar-refractivity contribution is 5.03. The lowest BCUT2D eigenvalue weighted by Gasteiger charge is -1.99. The Bertz CT molecular complexity index is 189. The van der Waals surface area contributed by atoms with Crippen LogP contribution in [0, 0.1) is 0 Å². The minimum Gasteiger partial charge on any atom is -0.302 e. The predicted octanol–water partition coefficient (Wildman–Crippen LogP) is 0.775. The van der Waals surface area contributed by atoms with Crippen LogP contribution in [0.25, 0.3) is 0 Å². The van der Waals surface area contributed by atoms with Gasteiger partial charge in [0.1, 0.15) is 0 Å². The summed E-state index contributed by atoms with van der Waals surface area (Å²) in [5.41, 5.74) is 3.67. The molecule has 0 fully saturated rings. The van der Waals surface area contributed by atoms with Crippen molar-refractivity contribution in [2.75, 3.05) is 13.7 Å². The SMILES string of the molecule is CNOCCc1ccccn1. The van der Waals surface area contributed by atoms with Crippen LogP contribution in [0.3, 0.4) is 0 Å². The van der Waals surface area contributed by atoms with Crippen LogP contribution in [0.4, 0.5) is 0 Å². The molecule has 0 bridgehead atoms. The summed E-state index contributed by atoms with van der Waals surface area (Å²) in [6, 6.07) is 5.86. The first-order chi connectivity index (χ1) is 5.43. The molecule has 0 aliphatic carbocycles. The number of aromatic nitrogens is 1. The Morgan fingerprint density at radius 2 is 2.45 bits per heavy atom. The van der Waals surface area contributed by atoms with Gasteiger partial charge in [-0.2, -0.15) is 0 Å². The first-order valence-corrected chi connectivity index (χ1v) is 3.62. The third-order valence-electron chi connectivity index (χ3n) is 1.33. The summed E-state index contributed by atoms with van der Waals surface area (Å²) in [6.45, 7) is 0.660. The van der Waals surface area contributed by atoms with Crippen LogP contribution in [0.15, 0.2) is 24.4 Å². The standard InChI is InChI=1S/C8H12N2O/c1-9-11-7-5-8-4-2-3-6-10-8/h2-4,6,9H,5,7H2,1H3. The van der Waals surface area contributed by atoms with E-state index in [1.807, 2.05) is 18.2 Å². The Morgan fingerprint density at radius 3 is 3.09 bits per heavy atom. The summed E-state index contributed by atoms with van der Waals surface area (Å²) >= 11 is 0. The second-order valence-corrected chi connectivity index (χ2v) is 2.12. The molecule has 60 valence electrons. The smallest absolute Gasteiger partial charge is 0.0737 e. The van der Waals surface area contributed by atoms with Crippen molar-refractivity contribution < 1.29 is 4.84 Å². The van der Waals surface area contributed by atoms with Crippen LogP contribution in [-0.4, -0.2) is 18.6 Å². The molecule has 11 heavy (non-hydrogen) atoms. The van der Waals surface area contributed by atoms with Crippen molar-refractivity contribution >= 4 is 0 Å². The van der Waals surface area contributed by atoms with Gasteiger partial charge in [0.2, 0.25) is 0 Å². The average Bonchev–Trinajstić information content (AvgIpc) is 2.07. The van der Waals surface area contributed by atoms with Gasteiger partial charge >= 0.3 is 0 Å². The summed E-state index contributed by atoms with van der Waals surface area (Å²) in [5, 5.41) is 0. The van der Waals surface area contributed by atoms with Gasteiger partial charge in [-0.15, -0.1) is 0 Å². The van der Waals surface area contributed by atoms with E-state index in [-0.39, 0.29) is 0 Å². The van der Waals surface area contributed by atoms with Crippen molar-refractivity contribution in [2.45, 2.75) is 6.42 Å². The Kier molecular flexibility index (Phi) is 3.58. The van der Waals surface area contributed by atoms with Crippen LogP contribution in [-0.2, 0) is 11.3 Å². The Balaban J connectivity index is 2.28. The molecular formula is C8H12N2O. The van der Waals surface area contributed by atoms with Crippen LogP contribution in [0.2, 0.25) is 0 Å². The number of hydrogen-bond acceptors (Lipinski definition) is 3. The normalized spacial score (nSPS) is 9.91. The van der Waals surface area contributed by atoms with E-state index in [9.17, 15) is 0 Å². The highest BCUT2D eigenvalue weighted by Gasteiger charge is 1.90. The first kappa shape index (κ1) is 8.17. The molecule has 3 heteroatoms. The van der Waals surface area contributed by atoms with Gasteiger partial charge in [0, 0.05) is 25.4 Å². The van der Waals surface area contributed by atoms with Gasteiger partial charge in [0.25, 0.3) is 0 Å². The summed E-state index contributed by atoms with van der Waals surface area (Å²) in [5.74, 6) is 0. The molecule has 1 N–H and O–H groups in total. The summed E-state index contributed by atoms with van der Waals surface area (Å²) in [6.07, 6.45) is 2.64. The van der Waals surface area contributed by atoms with Gasteiger partial charge in [0.15, 0.2) is 0 Å². The van der Waals surface area contributed by atoms with Crippen molar-refractivity contribution in [2.24, 2.45) is 0 Å². The van der Waals surface area contributed by atoms with Gasteiger partial charge in [-0.05, 0) is 12.1 Å². The molecule has 0 saturated heterocycles. The highest BCUT2D eigenvalue weighted by Crippen LogP contribution is 1.93. The summed E-state index contributed by atoms with van der Waals surface area (Å²) < 4.78 is 0. The first-order valence-electron chi connectivity index (χ1n) is 3.62. The van der Waals surface area contributed by atoms with Crippen LogP contribution < -0.4 is 5.48 Å². The molecule has 0 spiro atoms. The Labute approximate surface area is 66.4 Å². The monoisotopic (exact) mass is 152 g/mol. The fourth-order valence-electron chi connectivity index (χ4n) is 0.804. The van der Waals surface area contributed by atoms with Crippen molar-refractivity contribution in [1.82, 2.24) is 10.5 Å². The molecule has 0 unspecified atom stereocenters. The molecule has 0 radical (unpaired) electrons. The molecule has 0 aliphatic rings. The van der Waals surface area contributed by atoms with E-state index in [0.717, 1.165) is 12.1 Å². The minimum absolute atomic E-state index is 0.660. The van der Waals surface area contributed by atoms with E-state index in [0.29, 0.717) is 6.61 Å². The van der Waals surface area contributed by atoms with E-state index < -0.39 is 0 Å². The molecule has 0 atom stereocenters. The quantitative estimate of drug-likeness (QED) is 0.511. The maximum absolute atomic E-state index is 4.95. The summed E-state index contributed by atoms with van der Waals surface area (Å²) in [7, 11) is 1.75. The maximum atomic E-state index is 4.95. The average molecular weight is 152 g/mol. The fourth-order valence-corrected chi connectivity index (χ4v) is 0.804.